The molecular formula is C15H21N3O3. The van der Waals surface area contributed by atoms with Crippen LogP contribution in [0.3, 0.4) is 0 Å². The Balaban J connectivity index is 1.53. The number of fused-ring (bicyclic) bond motifs is 1. The van der Waals surface area contributed by atoms with Crippen molar-refractivity contribution in [3.05, 3.63) is 11.7 Å². The molecule has 2 aliphatic carbocycles. The molecule has 0 spiro atoms. The van der Waals surface area contributed by atoms with E-state index in [0.29, 0.717) is 30.3 Å². The Bertz CT molecular complexity index is 540. The molecule has 0 aromatic carbocycles. The summed E-state index contributed by atoms with van der Waals surface area (Å²) in [6.45, 7) is 0.484. The zero-order chi connectivity index (χ0) is 14.4. The number of likely N-dealkylation sites (tertiary alicyclic amines) is 1. The lowest BCUT2D eigenvalue weighted by Crippen LogP contribution is -2.41. The second-order valence-electron chi connectivity index (χ2n) is 6.69. The number of aromatic nitrogens is 2. The van der Waals surface area contributed by atoms with Crippen LogP contribution in [0.1, 0.15) is 62.6 Å². The van der Waals surface area contributed by atoms with Gasteiger partial charge in [-0.2, -0.15) is 4.98 Å². The van der Waals surface area contributed by atoms with E-state index in [-0.39, 0.29) is 0 Å². The molecule has 4 rings (SSSR count). The molecule has 114 valence electrons. The molecule has 1 aromatic heterocycles. The molecule has 0 unspecified atom stereocenters. The van der Waals surface area contributed by atoms with Crippen molar-refractivity contribution in [3.8, 4) is 0 Å². The van der Waals surface area contributed by atoms with Crippen LogP contribution in [0.4, 0.5) is 0 Å². The van der Waals surface area contributed by atoms with E-state index in [9.17, 15) is 9.90 Å². The van der Waals surface area contributed by atoms with E-state index >= 15 is 0 Å². The molecule has 2 saturated carbocycles. The van der Waals surface area contributed by atoms with Gasteiger partial charge in [-0.15, -0.1) is 0 Å². The molecule has 1 N–H and O–H groups in total. The lowest BCUT2D eigenvalue weighted by atomic mass is 9.85. The van der Waals surface area contributed by atoms with E-state index in [1.807, 2.05) is 0 Å². The average Bonchev–Trinajstić information content (AvgIpc) is 3.12. The van der Waals surface area contributed by atoms with Gasteiger partial charge in [-0.05, 0) is 38.0 Å². The molecule has 1 saturated heterocycles. The average molecular weight is 291 g/mol. The van der Waals surface area contributed by atoms with Crippen LogP contribution in [-0.2, 0) is 11.3 Å². The summed E-state index contributed by atoms with van der Waals surface area (Å²) in [7, 11) is 0. The predicted molar refractivity (Wildman–Crippen MR) is 73.6 cm³/mol. The molecule has 3 fully saturated rings. The molecule has 0 radical (unpaired) electrons. The maximum absolute atomic E-state index is 11.6. The smallest absolute Gasteiger partial charge is 0.320 e. The highest BCUT2D eigenvalue weighted by molar-refractivity contribution is 5.74. The Labute approximate surface area is 123 Å². The van der Waals surface area contributed by atoms with Crippen molar-refractivity contribution < 1.29 is 14.4 Å². The zero-order valence-corrected chi connectivity index (χ0v) is 12.1. The fraction of sp³-hybridized carbons (Fsp3) is 0.800. The van der Waals surface area contributed by atoms with Gasteiger partial charge in [0.25, 0.3) is 0 Å². The summed E-state index contributed by atoms with van der Waals surface area (Å²) < 4.78 is 5.34. The van der Waals surface area contributed by atoms with Gasteiger partial charge in [-0.25, -0.2) is 0 Å². The number of aliphatic carboxylic acids is 1. The van der Waals surface area contributed by atoms with Crippen molar-refractivity contribution in [2.45, 2.75) is 69.5 Å². The second-order valence-corrected chi connectivity index (χ2v) is 6.69. The van der Waals surface area contributed by atoms with Crippen LogP contribution in [0, 0.1) is 5.92 Å². The Morgan fingerprint density at radius 1 is 1.29 bits per heavy atom. The molecule has 21 heavy (non-hydrogen) atoms. The largest absolute Gasteiger partial charge is 0.480 e. The van der Waals surface area contributed by atoms with E-state index in [2.05, 4.69) is 15.0 Å². The van der Waals surface area contributed by atoms with Gasteiger partial charge >= 0.3 is 5.97 Å². The van der Waals surface area contributed by atoms with Gasteiger partial charge in [-0.1, -0.05) is 18.0 Å². The maximum Gasteiger partial charge on any atom is 0.320 e. The van der Waals surface area contributed by atoms with Crippen molar-refractivity contribution in [1.29, 1.82) is 0 Å². The van der Waals surface area contributed by atoms with Gasteiger partial charge in [0.2, 0.25) is 5.89 Å². The first kappa shape index (κ1) is 13.2. The van der Waals surface area contributed by atoms with Crippen molar-refractivity contribution in [2.24, 2.45) is 5.92 Å². The molecule has 6 heteroatoms. The minimum Gasteiger partial charge on any atom is -0.480 e. The van der Waals surface area contributed by atoms with Crippen LogP contribution in [0.5, 0.6) is 0 Å². The first-order valence-electron chi connectivity index (χ1n) is 8.03. The number of carboxylic acid groups (broad SMARTS) is 1. The summed E-state index contributed by atoms with van der Waals surface area (Å²) in [5, 5.41) is 13.5. The SMILES string of the molecule is O=C(O)[C@@H]1C[C@H]2CCCC[C@@H]2N1Cc1nc(C2CC2)no1. The Morgan fingerprint density at radius 3 is 2.86 bits per heavy atom. The third-order valence-electron chi connectivity index (χ3n) is 5.25. The minimum absolute atomic E-state index is 0.371. The third kappa shape index (κ3) is 2.46. The van der Waals surface area contributed by atoms with Crippen molar-refractivity contribution in [1.82, 2.24) is 15.0 Å². The molecule has 2 heterocycles. The second kappa shape index (κ2) is 5.09. The van der Waals surface area contributed by atoms with Gasteiger partial charge in [0.15, 0.2) is 5.82 Å². The highest BCUT2D eigenvalue weighted by Crippen LogP contribution is 2.41. The zero-order valence-electron chi connectivity index (χ0n) is 12.1. The molecule has 1 aromatic rings. The van der Waals surface area contributed by atoms with Crippen molar-refractivity contribution in [3.63, 3.8) is 0 Å². The normalized spacial score (nSPS) is 33.0. The molecule has 6 nitrogen and oxygen atoms in total. The number of hydrogen-bond donors (Lipinski definition) is 1. The standard InChI is InChI=1S/C15H21N3O3/c19-15(20)12-7-10-3-1-2-4-11(10)18(12)8-13-16-14(17-21-13)9-5-6-9/h9-12H,1-8H2,(H,19,20)/t10-,11+,12+/m1/s1. The molecule has 3 aliphatic rings. The topological polar surface area (TPSA) is 79.5 Å². The van der Waals surface area contributed by atoms with Crippen LogP contribution in [0.2, 0.25) is 0 Å². The van der Waals surface area contributed by atoms with Gasteiger partial charge in [-0.3, -0.25) is 9.69 Å². The lowest BCUT2D eigenvalue weighted by molar-refractivity contribution is -0.143. The summed E-state index contributed by atoms with van der Waals surface area (Å²) >= 11 is 0. The fourth-order valence-corrected chi connectivity index (χ4v) is 4.02. The van der Waals surface area contributed by atoms with Crippen LogP contribution in [0.15, 0.2) is 4.52 Å². The van der Waals surface area contributed by atoms with E-state index in [1.54, 1.807) is 0 Å². The van der Waals surface area contributed by atoms with E-state index < -0.39 is 12.0 Å². The highest BCUT2D eigenvalue weighted by Gasteiger charge is 2.45. The van der Waals surface area contributed by atoms with Crippen LogP contribution in [-0.4, -0.2) is 38.2 Å². The summed E-state index contributed by atoms with van der Waals surface area (Å²) in [5.41, 5.74) is 0. The summed E-state index contributed by atoms with van der Waals surface area (Å²) in [6, 6.07) is -0.0227. The number of hydrogen-bond acceptors (Lipinski definition) is 5. The lowest BCUT2D eigenvalue weighted by Gasteiger charge is -2.31. The van der Waals surface area contributed by atoms with E-state index in [4.69, 9.17) is 4.52 Å². The summed E-state index contributed by atoms with van der Waals surface area (Å²) in [4.78, 5) is 18.1. The molecule has 3 atom stereocenters. The quantitative estimate of drug-likeness (QED) is 0.915. The molecule has 0 amide bonds. The number of carbonyl (C=O) groups is 1. The number of nitrogens with zero attached hydrogens (tertiary/aromatic N) is 3. The number of rotatable bonds is 4. The maximum atomic E-state index is 11.6. The first-order chi connectivity index (χ1) is 10.2. The molecule has 0 bridgehead atoms. The van der Waals surface area contributed by atoms with Gasteiger partial charge in [0, 0.05) is 12.0 Å². The van der Waals surface area contributed by atoms with Gasteiger partial charge in [0.1, 0.15) is 6.04 Å². The first-order valence-corrected chi connectivity index (χ1v) is 8.03. The number of carboxylic acids is 1. The van der Waals surface area contributed by atoms with Gasteiger partial charge < -0.3 is 9.63 Å². The summed E-state index contributed by atoms with van der Waals surface area (Å²) in [6.07, 6.45) is 7.73. The van der Waals surface area contributed by atoms with Crippen LogP contribution >= 0.6 is 0 Å². The fourth-order valence-electron chi connectivity index (χ4n) is 4.02. The van der Waals surface area contributed by atoms with E-state index in [1.165, 1.54) is 12.8 Å². The molecular weight excluding hydrogens is 270 g/mol. The predicted octanol–water partition coefficient (Wildman–Crippen LogP) is 2.16. The van der Waals surface area contributed by atoms with Crippen LogP contribution in [0.25, 0.3) is 0 Å². The highest BCUT2D eigenvalue weighted by atomic mass is 16.5. The minimum atomic E-state index is -0.716. The monoisotopic (exact) mass is 291 g/mol. The molecule has 1 aliphatic heterocycles. The Hall–Kier alpha value is -1.43. The van der Waals surface area contributed by atoms with E-state index in [0.717, 1.165) is 37.9 Å². The van der Waals surface area contributed by atoms with Gasteiger partial charge in [0.05, 0.1) is 6.54 Å². The Kier molecular flexibility index (Phi) is 3.21. The Morgan fingerprint density at radius 2 is 2.10 bits per heavy atom. The van der Waals surface area contributed by atoms with Crippen LogP contribution < -0.4 is 0 Å². The summed E-state index contributed by atoms with van der Waals surface area (Å²) in [5.74, 6) is 1.65. The van der Waals surface area contributed by atoms with Crippen molar-refractivity contribution >= 4 is 5.97 Å². The third-order valence-corrected chi connectivity index (χ3v) is 5.25. The van der Waals surface area contributed by atoms with Crippen molar-refractivity contribution in [2.75, 3.05) is 0 Å².